The minimum absolute atomic E-state index is 0.0180. The molecule has 0 heterocycles. The summed E-state index contributed by atoms with van der Waals surface area (Å²) in [4.78, 5) is 25.0. The molecule has 264 valence electrons. The first-order valence-electron chi connectivity index (χ1n) is 18.4. The maximum atomic E-state index is 13.6. The van der Waals surface area contributed by atoms with E-state index in [1.807, 2.05) is 0 Å². The monoisotopic (exact) mass is 765 g/mol. The fraction of sp³-hybridized carbons (Fsp3) is 0.744. The van der Waals surface area contributed by atoms with Crippen LogP contribution < -0.4 is 5.32 Å². The quantitative estimate of drug-likeness (QED) is 0.0911. The Morgan fingerprint density at radius 2 is 1.41 bits per heavy atom. The van der Waals surface area contributed by atoms with Gasteiger partial charge in [0.1, 0.15) is 0 Å². The molecule has 1 rings (SSSR count). The minimum atomic E-state index is -2.42. The Kier molecular flexibility index (Phi) is 19.2. The number of carbonyl (C=O) groups is 2. The van der Waals surface area contributed by atoms with Crippen molar-refractivity contribution in [1.29, 1.82) is 0 Å². The number of ketones is 1. The molecule has 0 bridgehead atoms. The molecule has 0 saturated heterocycles. The number of aliphatic hydroxyl groups excluding tert-OH is 1. The van der Waals surface area contributed by atoms with Crippen LogP contribution in [0.5, 0.6) is 0 Å². The van der Waals surface area contributed by atoms with Crippen LogP contribution in [0.4, 0.5) is 5.69 Å². The van der Waals surface area contributed by atoms with Crippen LogP contribution in [0.3, 0.4) is 0 Å². The van der Waals surface area contributed by atoms with Gasteiger partial charge in [-0.3, -0.25) is 4.79 Å². The molecule has 46 heavy (non-hydrogen) atoms. The number of benzene rings is 1. The zero-order valence-electron chi connectivity index (χ0n) is 31.8. The van der Waals surface area contributed by atoms with Gasteiger partial charge in [-0.25, -0.2) is 0 Å². The summed E-state index contributed by atoms with van der Waals surface area (Å²) in [6.07, 6.45) is 10.6. The van der Waals surface area contributed by atoms with Crippen molar-refractivity contribution < 1.29 is 19.1 Å². The first kappa shape index (κ1) is 43.1. The Morgan fingerprint density at radius 1 is 0.913 bits per heavy atom. The van der Waals surface area contributed by atoms with Gasteiger partial charge in [-0.1, -0.05) is 0 Å². The Morgan fingerprint density at radius 3 is 1.85 bits per heavy atom. The van der Waals surface area contributed by atoms with Crippen molar-refractivity contribution in [1.82, 2.24) is 0 Å². The molecule has 0 aliphatic rings. The number of rotatable bonds is 22. The van der Waals surface area contributed by atoms with E-state index in [4.69, 9.17) is 4.43 Å². The molecule has 1 amide bonds. The number of Topliss-reactive ketones (excluding diaryl/α,β-unsaturated/α-hetero) is 1. The Hall–Kier alpha value is -0.964. The van der Waals surface area contributed by atoms with Gasteiger partial charge >= 0.3 is 250 Å². The number of amides is 1. The van der Waals surface area contributed by atoms with Gasteiger partial charge in [0.15, 0.2) is 0 Å². The molecule has 0 unspecified atom stereocenters. The summed E-state index contributed by atoms with van der Waals surface area (Å²) in [6, 6.07) is 7.13. The molecule has 5 atom stereocenters. The van der Waals surface area contributed by atoms with E-state index in [0.29, 0.717) is 17.7 Å². The zero-order valence-corrected chi connectivity index (χ0v) is 35.7. The number of carbonyl (C=O) groups excluding carboxylic acids is 2. The Balaban J connectivity index is 3.16. The molecular formula is C39H71NO4SiSn. The van der Waals surface area contributed by atoms with E-state index in [9.17, 15) is 14.7 Å². The maximum absolute atomic E-state index is 13.6. The van der Waals surface area contributed by atoms with Gasteiger partial charge in [0.25, 0.3) is 0 Å². The summed E-state index contributed by atoms with van der Waals surface area (Å²) in [5.74, 6) is 0.202. The average Bonchev–Trinajstić information content (AvgIpc) is 2.98. The molecule has 0 spiro atoms. The fourth-order valence-electron chi connectivity index (χ4n) is 6.23. The number of unbranched alkanes of at least 4 members (excludes halogenated alkanes) is 3. The molecule has 1 aromatic rings. The molecule has 0 fully saturated rings. The number of hydrogen-bond donors (Lipinski definition) is 2. The molecular weight excluding hydrogens is 693 g/mol. The van der Waals surface area contributed by atoms with Crippen molar-refractivity contribution in [2.75, 3.05) is 5.32 Å². The summed E-state index contributed by atoms with van der Waals surface area (Å²) in [6.45, 7) is 26.2. The zero-order chi connectivity index (χ0) is 35.1. The van der Waals surface area contributed by atoms with E-state index >= 15 is 0 Å². The first-order chi connectivity index (χ1) is 21.4. The van der Waals surface area contributed by atoms with Gasteiger partial charge < -0.3 is 5.32 Å². The first-order valence-corrected chi connectivity index (χ1v) is 29.0. The van der Waals surface area contributed by atoms with E-state index in [0.717, 1.165) is 6.42 Å². The summed E-state index contributed by atoms with van der Waals surface area (Å²) in [5.41, 5.74) is 1.31. The fourth-order valence-corrected chi connectivity index (χ4v) is 22.3. The summed E-state index contributed by atoms with van der Waals surface area (Å²) in [7, 11) is -2.16. The van der Waals surface area contributed by atoms with Crippen molar-refractivity contribution in [2.45, 2.75) is 164 Å². The third-order valence-electron chi connectivity index (χ3n) is 10.5. The van der Waals surface area contributed by atoms with Crippen LogP contribution in [0.2, 0.25) is 31.4 Å². The van der Waals surface area contributed by atoms with Crippen LogP contribution in [0.15, 0.2) is 34.4 Å². The normalized spacial score (nSPS) is 16.2. The van der Waals surface area contributed by atoms with Crippen LogP contribution in [0.25, 0.3) is 0 Å². The second-order valence-electron chi connectivity index (χ2n) is 15.9. The molecule has 0 saturated carbocycles. The number of anilines is 1. The van der Waals surface area contributed by atoms with Gasteiger partial charge in [-0.15, -0.1) is 0 Å². The van der Waals surface area contributed by atoms with Crippen LogP contribution >= 0.6 is 0 Å². The van der Waals surface area contributed by atoms with E-state index in [2.05, 4.69) is 90.9 Å². The molecule has 0 aliphatic carbocycles. The molecule has 0 aliphatic heterocycles. The SMILES string of the molecule is CCC[CH2][Sn](/[CH]=C/[C@@H](C)[C@@H](O)[C@H](C)C[C@@H](C)[C@@H](CC(=O)c1ccc(NC(C)=O)cc1)O[Si](C)(C)C(C)(C)C)([CH2]CCC)[CH2]CCC. The second-order valence-corrected chi connectivity index (χ2v) is 33.6. The van der Waals surface area contributed by atoms with Crippen LogP contribution in [0.1, 0.15) is 131 Å². The predicted molar refractivity (Wildman–Crippen MR) is 204 cm³/mol. The van der Waals surface area contributed by atoms with Crippen molar-refractivity contribution in [3.63, 3.8) is 0 Å². The van der Waals surface area contributed by atoms with E-state index in [1.165, 1.54) is 58.8 Å². The molecule has 1 aromatic carbocycles. The molecule has 7 heteroatoms. The third kappa shape index (κ3) is 14.7. The average molecular weight is 765 g/mol. The Bertz CT molecular complexity index is 1040. The van der Waals surface area contributed by atoms with Crippen LogP contribution in [-0.2, 0) is 9.22 Å². The topological polar surface area (TPSA) is 75.6 Å². The molecule has 0 radical (unpaired) electrons. The van der Waals surface area contributed by atoms with Gasteiger partial charge in [-0.2, -0.15) is 0 Å². The van der Waals surface area contributed by atoms with Crippen molar-refractivity contribution in [3.05, 3.63) is 40.0 Å². The van der Waals surface area contributed by atoms with Gasteiger partial charge in [0.2, 0.25) is 5.91 Å². The second kappa shape index (κ2) is 20.5. The van der Waals surface area contributed by atoms with E-state index in [-0.39, 0.29) is 40.6 Å². The number of nitrogens with one attached hydrogen (secondary N) is 1. The van der Waals surface area contributed by atoms with E-state index in [1.54, 1.807) is 24.3 Å². The number of hydrogen-bond acceptors (Lipinski definition) is 4. The van der Waals surface area contributed by atoms with E-state index < -0.39 is 32.8 Å². The van der Waals surface area contributed by atoms with Crippen molar-refractivity contribution >= 4 is 44.1 Å². The molecule has 0 aromatic heterocycles. The van der Waals surface area contributed by atoms with Crippen molar-refractivity contribution in [2.24, 2.45) is 17.8 Å². The van der Waals surface area contributed by atoms with Gasteiger partial charge in [-0.05, 0) is 12.1 Å². The van der Waals surface area contributed by atoms with Crippen LogP contribution in [-0.4, -0.2) is 55.7 Å². The van der Waals surface area contributed by atoms with Gasteiger partial charge in [0.05, 0.1) is 0 Å². The molecule has 2 N–H and O–H groups in total. The van der Waals surface area contributed by atoms with Crippen molar-refractivity contribution in [3.8, 4) is 0 Å². The summed E-state index contributed by atoms with van der Waals surface area (Å²) < 4.78 is 14.0. The standard InChI is InChI=1S/C27H44NO4Si.3C4H9.Sn/c1-11-18(2)26(31)20(4)16-19(3)25(32-33(9,10)27(6,7)8)17-24(30)22-12-14-23(15-13-22)28-21(5)29;3*1-3-4-2;/h1,11-15,18-20,25-26,31H,16-17H2,2-10H3,(H,28,29);3*1,3-4H2,2H3;/t18-,19-,20-,25-,26-;;;;/m1..../s1. The Labute approximate surface area is 289 Å². The summed E-state index contributed by atoms with van der Waals surface area (Å²) in [5, 5.41) is 14.4. The third-order valence-corrected chi connectivity index (χ3v) is 29.1. The predicted octanol–water partition coefficient (Wildman–Crippen LogP) is 11.2. The van der Waals surface area contributed by atoms with Crippen LogP contribution in [0, 0.1) is 17.8 Å². The molecule has 5 nitrogen and oxygen atoms in total. The number of aliphatic hydroxyl groups is 1. The summed E-state index contributed by atoms with van der Waals surface area (Å²) >= 11 is -2.42. The van der Waals surface area contributed by atoms with Gasteiger partial charge in [0, 0.05) is 12.6 Å².